The van der Waals surface area contributed by atoms with E-state index in [1.54, 1.807) is 6.92 Å². The molecule has 0 spiro atoms. The summed E-state index contributed by atoms with van der Waals surface area (Å²) >= 11 is 0. The molecule has 4 rings (SSSR count). The van der Waals surface area contributed by atoms with Crippen molar-refractivity contribution in [3.8, 4) is 0 Å². The van der Waals surface area contributed by atoms with Crippen molar-refractivity contribution in [3.63, 3.8) is 0 Å². The van der Waals surface area contributed by atoms with Crippen molar-refractivity contribution in [1.29, 1.82) is 0 Å². The van der Waals surface area contributed by atoms with Gasteiger partial charge in [0, 0.05) is 11.8 Å². The molecule has 2 fully saturated rings. The molecule has 4 aliphatic carbocycles. The highest BCUT2D eigenvalue weighted by molar-refractivity contribution is 5.92. The van der Waals surface area contributed by atoms with E-state index in [1.807, 2.05) is 6.08 Å². The Morgan fingerprint density at radius 1 is 1.26 bits per heavy atom. The predicted molar refractivity (Wildman–Crippen MR) is 87.6 cm³/mol. The quantitative estimate of drug-likeness (QED) is 0.808. The number of ketones is 2. The van der Waals surface area contributed by atoms with Gasteiger partial charge in [0.15, 0.2) is 11.6 Å². The normalized spacial score (nSPS) is 48.3. The number of hydrogen-bond acceptors (Lipinski definition) is 3. The van der Waals surface area contributed by atoms with E-state index >= 15 is 0 Å². The fourth-order valence-corrected chi connectivity index (χ4v) is 6.25. The second-order valence-electron chi connectivity index (χ2n) is 8.37. The van der Waals surface area contributed by atoms with Gasteiger partial charge in [0.05, 0.1) is 0 Å². The van der Waals surface area contributed by atoms with Gasteiger partial charge in [0.2, 0.25) is 0 Å². The minimum absolute atomic E-state index is 0.0652. The first-order valence-corrected chi connectivity index (χ1v) is 9.03. The van der Waals surface area contributed by atoms with Crippen molar-refractivity contribution in [3.05, 3.63) is 23.8 Å². The Bertz CT molecular complexity index is 631. The maximum absolute atomic E-state index is 12.1. The smallest absolute Gasteiger partial charge is 0.161 e. The highest BCUT2D eigenvalue weighted by Gasteiger charge is 2.63. The van der Waals surface area contributed by atoms with Crippen molar-refractivity contribution in [2.45, 2.75) is 58.0 Å². The molecule has 4 aliphatic rings. The zero-order valence-electron chi connectivity index (χ0n) is 14.0. The Kier molecular flexibility index (Phi) is 3.26. The van der Waals surface area contributed by atoms with E-state index in [0.29, 0.717) is 36.5 Å². The molecule has 3 heteroatoms. The van der Waals surface area contributed by atoms with Crippen LogP contribution >= 0.6 is 0 Å². The Morgan fingerprint density at radius 3 is 2.78 bits per heavy atom. The van der Waals surface area contributed by atoms with Crippen LogP contribution in [0.3, 0.4) is 0 Å². The first-order chi connectivity index (χ1) is 10.9. The van der Waals surface area contributed by atoms with Crippen LogP contribution in [0.25, 0.3) is 0 Å². The zero-order chi connectivity index (χ0) is 16.4. The van der Waals surface area contributed by atoms with Crippen LogP contribution in [0.15, 0.2) is 23.8 Å². The number of carbonyl (C=O) groups is 2. The maximum atomic E-state index is 12.1. The van der Waals surface area contributed by atoms with Crippen molar-refractivity contribution < 1.29 is 14.7 Å². The topological polar surface area (TPSA) is 54.4 Å². The van der Waals surface area contributed by atoms with E-state index < -0.39 is 5.60 Å². The van der Waals surface area contributed by atoms with Crippen LogP contribution in [0.1, 0.15) is 52.4 Å². The molecule has 0 radical (unpaired) electrons. The number of fused-ring (bicyclic) bond motifs is 5. The number of rotatable bonds is 1. The van der Waals surface area contributed by atoms with Crippen molar-refractivity contribution in [2.24, 2.45) is 29.1 Å². The lowest BCUT2D eigenvalue weighted by molar-refractivity contribution is -0.155. The molecule has 3 nitrogen and oxygen atoms in total. The molecule has 0 aromatic rings. The summed E-state index contributed by atoms with van der Waals surface area (Å²) in [7, 11) is 0. The standard InChI is InChI=1S/C20H26O3/c1-12(21)20(23)10-8-18-17-5-3-13-11-14(22)4-6-15(13)16(17)7-9-19(18,20)2/h3,5,11,15-18,23H,4,6-10H2,1-2H3/t15-,16+,17+,18-,19-,20-/m0/s1. The average molecular weight is 314 g/mol. The molecule has 0 unspecified atom stereocenters. The second kappa shape index (κ2) is 4.89. The lowest BCUT2D eigenvalue weighted by atomic mass is 9.52. The van der Waals surface area contributed by atoms with Gasteiger partial charge in [-0.3, -0.25) is 9.59 Å². The molecule has 124 valence electrons. The molecule has 0 bridgehead atoms. The van der Waals surface area contributed by atoms with Crippen LogP contribution in [-0.2, 0) is 9.59 Å². The average Bonchev–Trinajstić information content (AvgIpc) is 2.80. The first kappa shape index (κ1) is 15.3. The summed E-state index contributed by atoms with van der Waals surface area (Å²) in [6, 6.07) is 0. The largest absolute Gasteiger partial charge is 0.382 e. The minimum Gasteiger partial charge on any atom is -0.382 e. The van der Waals surface area contributed by atoms with Gasteiger partial charge in [-0.1, -0.05) is 19.1 Å². The number of hydrogen-bond donors (Lipinski definition) is 1. The Balaban J connectivity index is 1.71. The van der Waals surface area contributed by atoms with Crippen LogP contribution in [-0.4, -0.2) is 22.3 Å². The van der Waals surface area contributed by atoms with E-state index in [-0.39, 0.29) is 17.0 Å². The van der Waals surface area contributed by atoms with Gasteiger partial charge in [-0.2, -0.15) is 0 Å². The molecule has 1 N–H and O–H groups in total. The van der Waals surface area contributed by atoms with Gasteiger partial charge in [-0.15, -0.1) is 0 Å². The lowest BCUT2D eigenvalue weighted by Gasteiger charge is -2.53. The van der Waals surface area contributed by atoms with Gasteiger partial charge in [-0.25, -0.2) is 0 Å². The molecule has 0 aliphatic heterocycles. The second-order valence-corrected chi connectivity index (χ2v) is 8.37. The Labute approximate surface area is 137 Å². The fraction of sp³-hybridized carbons (Fsp3) is 0.700. The van der Waals surface area contributed by atoms with E-state index in [2.05, 4.69) is 19.1 Å². The van der Waals surface area contributed by atoms with Crippen LogP contribution in [0.2, 0.25) is 0 Å². The third-order valence-corrected chi connectivity index (χ3v) is 7.60. The van der Waals surface area contributed by atoms with Gasteiger partial charge in [-0.05, 0) is 74.3 Å². The number of aliphatic hydroxyl groups is 1. The minimum atomic E-state index is -1.14. The summed E-state index contributed by atoms with van der Waals surface area (Å²) in [5, 5.41) is 11.1. The predicted octanol–water partition coefficient (Wildman–Crippen LogP) is 3.22. The molecule has 0 aromatic carbocycles. The number of carbonyl (C=O) groups excluding carboxylic acids is 2. The molecule has 0 heterocycles. The maximum Gasteiger partial charge on any atom is 0.161 e. The van der Waals surface area contributed by atoms with Crippen LogP contribution in [0.4, 0.5) is 0 Å². The van der Waals surface area contributed by atoms with Gasteiger partial charge in [0.1, 0.15) is 5.60 Å². The highest BCUT2D eigenvalue weighted by atomic mass is 16.3. The Morgan fingerprint density at radius 2 is 2.04 bits per heavy atom. The monoisotopic (exact) mass is 314 g/mol. The molecular formula is C20H26O3. The third-order valence-electron chi connectivity index (χ3n) is 7.60. The van der Waals surface area contributed by atoms with E-state index in [9.17, 15) is 14.7 Å². The Hall–Kier alpha value is -1.22. The summed E-state index contributed by atoms with van der Waals surface area (Å²) in [5.74, 6) is 2.09. The van der Waals surface area contributed by atoms with Gasteiger partial charge in [0.25, 0.3) is 0 Å². The molecule has 0 saturated heterocycles. The molecule has 2 saturated carbocycles. The van der Waals surface area contributed by atoms with Crippen LogP contribution in [0, 0.1) is 29.1 Å². The molecule has 0 aromatic heterocycles. The van der Waals surface area contributed by atoms with Crippen LogP contribution in [0.5, 0.6) is 0 Å². The van der Waals surface area contributed by atoms with Crippen molar-refractivity contribution in [1.82, 2.24) is 0 Å². The van der Waals surface area contributed by atoms with Gasteiger partial charge >= 0.3 is 0 Å². The summed E-state index contributed by atoms with van der Waals surface area (Å²) in [6.45, 7) is 3.68. The van der Waals surface area contributed by atoms with Crippen molar-refractivity contribution >= 4 is 11.6 Å². The zero-order valence-corrected chi connectivity index (χ0v) is 14.0. The van der Waals surface area contributed by atoms with Gasteiger partial charge < -0.3 is 5.11 Å². The van der Waals surface area contributed by atoms with E-state index in [0.717, 1.165) is 25.7 Å². The lowest BCUT2D eigenvalue weighted by Crippen LogP contribution is -2.55. The third kappa shape index (κ3) is 1.92. The van der Waals surface area contributed by atoms with E-state index in [4.69, 9.17) is 0 Å². The molecule has 6 atom stereocenters. The molecule has 0 amide bonds. The molecule has 23 heavy (non-hydrogen) atoms. The number of Topliss-reactive ketones (excluding diaryl/α,β-unsaturated/α-hetero) is 1. The molecular weight excluding hydrogens is 288 g/mol. The fourth-order valence-electron chi connectivity index (χ4n) is 6.25. The number of allylic oxidation sites excluding steroid dienone is 4. The van der Waals surface area contributed by atoms with E-state index in [1.165, 1.54) is 5.57 Å². The van der Waals surface area contributed by atoms with Crippen molar-refractivity contribution in [2.75, 3.05) is 0 Å². The SMILES string of the molecule is CC(=O)[C@@]1(O)CC[C@H]2[C@@H]3C=CC4=CC(=O)CC[C@@H]4[C@H]3CC[C@@]21C. The summed E-state index contributed by atoms with van der Waals surface area (Å²) in [6.07, 6.45) is 11.4. The summed E-state index contributed by atoms with van der Waals surface area (Å²) in [4.78, 5) is 23.8. The summed E-state index contributed by atoms with van der Waals surface area (Å²) < 4.78 is 0. The summed E-state index contributed by atoms with van der Waals surface area (Å²) in [5.41, 5.74) is -0.225. The van der Waals surface area contributed by atoms with Crippen LogP contribution < -0.4 is 0 Å². The highest BCUT2D eigenvalue weighted by Crippen LogP contribution is 2.63. The first-order valence-electron chi connectivity index (χ1n) is 9.03.